The van der Waals surface area contributed by atoms with Crippen LogP contribution in [0.1, 0.15) is 26.2 Å². The highest BCUT2D eigenvalue weighted by atomic mass is 16.4. The Labute approximate surface area is 96.1 Å². The minimum atomic E-state index is -1.06. The van der Waals surface area contributed by atoms with Crippen LogP contribution in [0.15, 0.2) is 9.59 Å². The average Bonchev–Trinajstić information content (AvgIpc) is 2.26. The largest absolute Gasteiger partial charge is 0.480 e. The zero-order chi connectivity index (χ0) is 12.8. The highest BCUT2D eigenvalue weighted by molar-refractivity contribution is 5.76. The van der Waals surface area contributed by atoms with Gasteiger partial charge in [0.1, 0.15) is 6.04 Å². The fourth-order valence-corrected chi connectivity index (χ4v) is 1.28. The van der Waals surface area contributed by atoms with Gasteiger partial charge >= 0.3 is 11.7 Å². The molecule has 0 aromatic carbocycles. The van der Waals surface area contributed by atoms with Gasteiger partial charge in [-0.2, -0.15) is 0 Å². The van der Waals surface area contributed by atoms with Crippen molar-refractivity contribution >= 4 is 11.8 Å². The lowest BCUT2D eigenvalue weighted by Crippen LogP contribution is -2.35. The molecule has 0 spiro atoms. The highest BCUT2D eigenvalue weighted by Gasteiger charge is 2.18. The van der Waals surface area contributed by atoms with E-state index in [9.17, 15) is 14.4 Å². The summed E-state index contributed by atoms with van der Waals surface area (Å²) >= 11 is 0. The summed E-state index contributed by atoms with van der Waals surface area (Å²) in [6.45, 7) is 1.93. The fourth-order valence-electron chi connectivity index (χ4n) is 1.28. The molecule has 1 aromatic rings. The minimum Gasteiger partial charge on any atom is -0.480 e. The first kappa shape index (κ1) is 12.9. The molecule has 0 fully saturated rings. The van der Waals surface area contributed by atoms with E-state index >= 15 is 0 Å². The molecule has 0 aliphatic rings. The Bertz CT molecular complexity index is 492. The van der Waals surface area contributed by atoms with Crippen LogP contribution in [0.2, 0.25) is 0 Å². The molecule has 8 heteroatoms. The first-order valence-corrected chi connectivity index (χ1v) is 5.23. The van der Waals surface area contributed by atoms with E-state index in [2.05, 4.69) is 10.4 Å². The number of unbranched alkanes of at least 4 members (excludes halogenated alkanes) is 1. The van der Waals surface area contributed by atoms with Gasteiger partial charge in [0.05, 0.1) is 0 Å². The van der Waals surface area contributed by atoms with Crippen molar-refractivity contribution in [2.24, 2.45) is 0 Å². The summed E-state index contributed by atoms with van der Waals surface area (Å²) in [5, 5.41) is 16.9. The van der Waals surface area contributed by atoms with Crippen molar-refractivity contribution in [3.8, 4) is 0 Å². The Balaban J connectivity index is 2.82. The minimum absolute atomic E-state index is 0.201. The number of carboxylic acids is 1. The van der Waals surface area contributed by atoms with Gasteiger partial charge in [0.25, 0.3) is 5.56 Å². The predicted molar refractivity (Wildman–Crippen MR) is 60.0 cm³/mol. The van der Waals surface area contributed by atoms with E-state index in [0.717, 1.165) is 6.42 Å². The van der Waals surface area contributed by atoms with Gasteiger partial charge in [-0.05, 0) is 6.42 Å². The van der Waals surface area contributed by atoms with Crippen LogP contribution in [0, 0.1) is 0 Å². The monoisotopic (exact) mass is 242 g/mol. The van der Waals surface area contributed by atoms with Gasteiger partial charge in [-0.15, -0.1) is 5.10 Å². The van der Waals surface area contributed by atoms with E-state index in [0.29, 0.717) is 12.8 Å². The smallest absolute Gasteiger partial charge is 0.342 e. The quantitative estimate of drug-likeness (QED) is 0.533. The van der Waals surface area contributed by atoms with E-state index in [1.165, 1.54) is 0 Å². The Kier molecular flexibility index (Phi) is 4.44. The summed E-state index contributed by atoms with van der Waals surface area (Å²) in [4.78, 5) is 34.9. The molecule has 0 aliphatic carbocycles. The number of aliphatic carboxylic acids is 1. The topological polar surface area (TPSA) is 128 Å². The molecule has 0 radical (unpaired) electrons. The number of carboxylic acid groups (broad SMARTS) is 1. The Morgan fingerprint density at radius 2 is 2.24 bits per heavy atom. The second-order valence-corrected chi connectivity index (χ2v) is 3.53. The van der Waals surface area contributed by atoms with E-state index in [1.807, 2.05) is 17.0 Å². The van der Waals surface area contributed by atoms with E-state index < -0.39 is 23.3 Å². The van der Waals surface area contributed by atoms with Gasteiger partial charge in [0.15, 0.2) is 0 Å². The molecule has 4 N–H and O–H groups in total. The van der Waals surface area contributed by atoms with Gasteiger partial charge in [-0.25, -0.2) is 14.7 Å². The molecule has 8 nitrogen and oxygen atoms in total. The number of nitrogens with zero attached hydrogens (tertiary/aromatic N) is 1. The van der Waals surface area contributed by atoms with Crippen molar-refractivity contribution in [3.63, 3.8) is 0 Å². The summed E-state index contributed by atoms with van der Waals surface area (Å²) in [5.74, 6) is -1.26. The van der Waals surface area contributed by atoms with Crippen molar-refractivity contribution < 1.29 is 9.90 Å². The number of rotatable bonds is 6. The maximum Gasteiger partial charge on any atom is 0.342 e. The SMILES string of the molecule is CCCCC(Nc1n[nH]c(=O)[nH]c1=O)C(=O)O. The number of anilines is 1. The molecule has 1 heterocycles. The summed E-state index contributed by atoms with van der Waals surface area (Å²) in [6.07, 6.45) is 1.94. The number of hydrogen-bond acceptors (Lipinski definition) is 5. The lowest BCUT2D eigenvalue weighted by molar-refractivity contribution is -0.138. The summed E-state index contributed by atoms with van der Waals surface area (Å²) < 4.78 is 0. The molecule has 94 valence electrons. The van der Waals surface area contributed by atoms with E-state index in [1.54, 1.807) is 0 Å². The number of hydrogen-bond donors (Lipinski definition) is 4. The Hall–Kier alpha value is -2.12. The number of nitrogens with one attached hydrogen (secondary N) is 3. The van der Waals surface area contributed by atoms with Crippen molar-refractivity contribution in [3.05, 3.63) is 20.8 Å². The standard InChI is InChI=1S/C9H14N4O4/c1-2-3-4-5(8(15)16)10-6-7(14)11-9(17)13-12-6/h5H,2-4H2,1H3,(H,10,12)(H,15,16)(H2,11,13,14,17). The number of carbonyl (C=O) groups is 1. The zero-order valence-electron chi connectivity index (χ0n) is 9.32. The summed E-state index contributed by atoms with van der Waals surface area (Å²) in [5.41, 5.74) is -1.47. The number of aromatic nitrogens is 3. The molecule has 0 bridgehead atoms. The Morgan fingerprint density at radius 1 is 1.53 bits per heavy atom. The maximum atomic E-state index is 11.3. The maximum absolute atomic E-state index is 11.3. The summed E-state index contributed by atoms with van der Waals surface area (Å²) in [6, 6.07) is -0.894. The zero-order valence-corrected chi connectivity index (χ0v) is 9.32. The van der Waals surface area contributed by atoms with Crippen LogP contribution in [0.4, 0.5) is 5.82 Å². The highest BCUT2D eigenvalue weighted by Crippen LogP contribution is 2.04. The van der Waals surface area contributed by atoms with Crippen molar-refractivity contribution in [2.45, 2.75) is 32.2 Å². The molecular weight excluding hydrogens is 228 g/mol. The van der Waals surface area contributed by atoms with Crippen LogP contribution in [-0.4, -0.2) is 32.3 Å². The third kappa shape index (κ3) is 3.74. The average molecular weight is 242 g/mol. The van der Waals surface area contributed by atoms with Gasteiger partial charge in [0, 0.05) is 0 Å². The van der Waals surface area contributed by atoms with Crippen LogP contribution in [0.5, 0.6) is 0 Å². The normalized spacial score (nSPS) is 12.1. The van der Waals surface area contributed by atoms with Gasteiger partial charge in [-0.1, -0.05) is 19.8 Å². The van der Waals surface area contributed by atoms with Crippen molar-refractivity contribution in [2.75, 3.05) is 5.32 Å². The molecule has 1 unspecified atom stereocenters. The molecule has 0 amide bonds. The van der Waals surface area contributed by atoms with Crippen LogP contribution < -0.4 is 16.6 Å². The fraction of sp³-hybridized carbons (Fsp3) is 0.556. The first-order valence-electron chi connectivity index (χ1n) is 5.23. The van der Waals surface area contributed by atoms with Gasteiger partial charge in [0.2, 0.25) is 5.82 Å². The third-order valence-electron chi connectivity index (χ3n) is 2.17. The Morgan fingerprint density at radius 3 is 2.76 bits per heavy atom. The molecule has 1 atom stereocenters. The molecular formula is C9H14N4O4. The third-order valence-corrected chi connectivity index (χ3v) is 2.17. The van der Waals surface area contributed by atoms with Gasteiger partial charge < -0.3 is 10.4 Å². The molecule has 1 aromatic heterocycles. The molecule has 0 saturated heterocycles. The van der Waals surface area contributed by atoms with Crippen LogP contribution in [0.3, 0.4) is 0 Å². The van der Waals surface area contributed by atoms with E-state index in [-0.39, 0.29) is 5.82 Å². The van der Waals surface area contributed by atoms with Crippen molar-refractivity contribution in [1.29, 1.82) is 0 Å². The van der Waals surface area contributed by atoms with Crippen LogP contribution in [0.25, 0.3) is 0 Å². The lowest BCUT2D eigenvalue weighted by atomic mass is 10.1. The van der Waals surface area contributed by atoms with Crippen LogP contribution in [-0.2, 0) is 4.79 Å². The van der Waals surface area contributed by atoms with Crippen molar-refractivity contribution in [1.82, 2.24) is 15.2 Å². The predicted octanol–water partition coefficient (Wildman–Crippen LogP) is -0.486. The summed E-state index contributed by atoms with van der Waals surface area (Å²) in [7, 11) is 0. The number of aromatic amines is 2. The number of H-pyrrole nitrogens is 2. The molecule has 0 saturated carbocycles. The molecule has 0 aliphatic heterocycles. The molecule has 1 rings (SSSR count). The van der Waals surface area contributed by atoms with Gasteiger partial charge in [-0.3, -0.25) is 9.78 Å². The second kappa shape index (κ2) is 5.83. The first-order chi connectivity index (χ1) is 8.04. The second-order valence-electron chi connectivity index (χ2n) is 3.53. The lowest BCUT2D eigenvalue weighted by Gasteiger charge is -2.13. The van der Waals surface area contributed by atoms with E-state index in [4.69, 9.17) is 5.11 Å². The molecule has 17 heavy (non-hydrogen) atoms. The van der Waals surface area contributed by atoms with Crippen LogP contribution >= 0.6 is 0 Å².